The number of rotatable bonds is 3. The highest BCUT2D eigenvalue weighted by atomic mass is 79.9. The molecule has 1 aromatic heterocycles. The number of esters is 1. The van der Waals surface area contributed by atoms with Crippen LogP contribution in [0, 0.1) is 0 Å². The lowest BCUT2D eigenvalue weighted by Gasteiger charge is -2.25. The quantitative estimate of drug-likeness (QED) is 0.858. The zero-order chi connectivity index (χ0) is 15.1. The number of cyclic esters (lactones) is 1. The van der Waals surface area contributed by atoms with Crippen molar-refractivity contribution >= 4 is 21.9 Å². The van der Waals surface area contributed by atoms with Gasteiger partial charge in [-0.15, -0.1) is 0 Å². The second-order valence-electron chi connectivity index (χ2n) is 5.32. The summed E-state index contributed by atoms with van der Waals surface area (Å²) in [5, 5.41) is 6.66. The van der Waals surface area contributed by atoms with Crippen LogP contribution < -0.4 is 0 Å². The molecule has 1 fully saturated rings. The lowest BCUT2D eigenvalue weighted by molar-refractivity contribution is -0.167. The third kappa shape index (κ3) is 2.58. The fourth-order valence-electron chi connectivity index (χ4n) is 2.44. The van der Waals surface area contributed by atoms with Crippen LogP contribution in [-0.4, -0.2) is 26.9 Å². The van der Waals surface area contributed by atoms with E-state index in [4.69, 9.17) is 9.47 Å². The minimum absolute atomic E-state index is 0.209. The molecule has 3 rings (SSSR count). The number of aromatic nitrogens is 3. The van der Waals surface area contributed by atoms with Crippen molar-refractivity contribution < 1.29 is 14.3 Å². The van der Waals surface area contributed by atoms with E-state index in [1.54, 1.807) is 13.8 Å². The van der Waals surface area contributed by atoms with Crippen LogP contribution >= 0.6 is 15.9 Å². The third-order valence-corrected chi connectivity index (χ3v) is 3.80. The summed E-state index contributed by atoms with van der Waals surface area (Å²) in [5.74, 6) is -0.923. The van der Waals surface area contributed by atoms with Gasteiger partial charge in [0.05, 0.1) is 6.42 Å². The molecule has 1 unspecified atom stereocenters. The van der Waals surface area contributed by atoms with Crippen molar-refractivity contribution in [3.8, 4) is 0 Å². The first-order valence-corrected chi connectivity index (χ1v) is 7.25. The molecule has 2 heterocycles. The highest BCUT2D eigenvalue weighted by Gasteiger charge is 2.55. The van der Waals surface area contributed by atoms with E-state index in [9.17, 15) is 4.79 Å². The van der Waals surface area contributed by atoms with Gasteiger partial charge in [-0.1, -0.05) is 28.1 Å². The predicted molar refractivity (Wildman–Crippen MR) is 77.2 cm³/mol. The highest BCUT2D eigenvalue weighted by molar-refractivity contribution is 9.10. The maximum Gasteiger partial charge on any atom is 0.346 e. The van der Waals surface area contributed by atoms with E-state index in [0.29, 0.717) is 11.4 Å². The molecule has 1 N–H and O–H groups in total. The summed E-state index contributed by atoms with van der Waals surface area (Å²) in [6, 6.07) is 7.38. The maximum absolute atomic E-state index is 12.5. The minimum atomic E-state index is -1.23. The Morgan fingerprint density at radius 2 is 2.00 bits per heavy atom. The molecule has 0 radical (unpaired) electrons. The number of hydrogen-bond donors (Lipinski definition) is 1. The lowest BCUT2D eigenvalue weighted by atomic mass is 9.90. The number of H-pyrrole nitrogens is 1. The van der Waals surface area contributed by atoms with Gasteiger partial charge in [0.1, 0.15) is 6.33 Å². The Hall–Kier alpha value is -1.73. The Bertz CT molecular complexity index is 655. The van der Waals surface area contributed by atoms with Crippen LogP contribution in [0.15, 0.2) is 35.1 Å². The molecule has 1 saturated heterocycles. The van der Waals surface area contributed by atoms with E-state index >= 15 is 0 Å². The molecule has 1 aromatic carbocycles. The van der Waals surface area contributed by atoms with Crippen LogP contribution in [0.4, 0.5) is 0 Å². The molecule has 110 valence electrons. The van der Waals surface area contributed by atoms with Crippen molar-refractivity contribution in [3.63, 3.8) is 0 Å². The zero-order valence-corrected chi connectivity index (χ0v) is 13.2. The van der Waals surface area contributed by atoms with Crippen molar-refractivity contribution in [2.24, 2.45) is 0 Å². The molecule has 1 aliphatic heterocycles. The van der Waals surface area contributed by atoms with Gasteiger partial charge in [-0.25, -0.2) is 9.78 Å². The SMILES string of the molecule is CC1(C)OC(=O)C(Cc2nc[nH]n2)(c2ccc(Br)cc2)O1. The van der Waals surface area contributed by atoms with Gasteiger partial charge >= 0.3 is 5.97 Å². The summed E-state index contributed by atoms with van der Waals surface area (Å²) in [6.07, 6.45) is 1.68. The number of ether oxygens (including phenoxy) is 2. The number of nitrogens with zero attached hydrogens (tertiary/aromatic N) is 2. The number of nitrogens with one attached hydrogen (secondary N) is 1. The molecular formula is C14H14BrN3O3. The summed E-state index contributed by atoms with van der Waals surface area (Å²) in [6.45, 7) is 3.42. The van der Waals surface area contributed by atoms with Gasteiger partial charge in [0.25, 0.3) is 0 Å². The standard InChI is InChI=1S/C14H14BrN3O3/c1-13(2)20-12(19)14(21-13,7-11-16-8-17-18-11)9-3-5-10(15)6-4-9/h3-6,8H,7H2,1-2H3,(H,16,17,18). The Morgan fingerprint density at radius 1 is 1.29 bits per heavy atom. The van der Waals surface area contributed by atoms with Gasteiger partial charge in [0.2, 0.25) is 11.4 Å². The number of hydrogen-bond acceptors (Lipinski definition) is 5. The van der Waals surface area contributed by atoms with Crippen molar-refractivity contribution in [1.29, 1.82) is 0 Å². The molecule has 1 atom stereocenters. The molecule has 21 heavy (non-hydrogen) atoms. The molecule has 0 amide bonds. The average Bonchev–Trinajstić information content (AvgIpc) is 2.97. The summed E-state index contributed by atoms with van der Waals surface area (Å²) in [7, 11) is 0. The van der Waals surface area contributed by atoms with Crippen molar-refractivity contribution in [2.45, 2.75) is 31.7 Å². The molecule has 6 nitrogen and oxygen atoms in total. The summed E-state index contributed by atoms with van der Waals surface area (Å²) < 4.78 is 12.2. The fraction of sp³-hybridized carbons (Fsp3) is 0.357. The summed E-state index contributed by atoms with van der Waals surface area (Å²) in [4.78, 5) is 16.6. The van der Waals surface area contributed by atoms with Crippen LogP contribution in [0.3, 0.4) is 0 Å². The van der Waals surface area contributed by atoms with Crippen LogP contribution in [-0.2, 0) is 26.3 Å². The van der Waals surface area contributed by atoms with E-state index in [-0.39, 0.29) is 6.42 Å². The minimum Gasteiger partial charge on any atom is -0.431 e. The molecule has 0 spiro atoms. The smallest absolute Gasteiger partial charge is 0.346 e. The number of aromatic amines is 1. The predicted octanol–water partition coefficient (Wildman–Crippen LogP) is 2.31. The second-order valence-corrected chi connectivity index (χ2v) is 6.23. The topological polar surface area (TPSA) is 77.1 Å². The highest BCUT2D eigenvalue weighted by Crippen LogP contribution is 2.42. The maximum atomic E-state index is 12.5. The molecule has 2 aromatic rings. The molecule has 7 heteroatoms. The van der Waals surface area contributed by atoms with Gasteiger partial charge in [0, 0.05) is 18.3 Å². The normalized spacial score (nSPS) is 24.0. The van der Waals surface area contributed by atoms with E-state index < -0.39 is 17.4 Å². The van der Waals surface area contributed by atoms with Gasteiger partial charge in [0.15, 0.2) is 5.82 Å². The number of benzene rings is 1. The number of halogens is 1. The van der Waals surface area contributed by atoms with Crippen LogP contribution in [0.5, 0.6) is 0 Å². The molecule has 0 aliphatic carbocycles. The fourth-order valence-corrected chi connectivity index (χ4v) is 2.70. The van der Waals surface area contributed by atoms with E-state index in [1.165, 1.54) is 6.33 Å². The third-order valence-electron chi connectivity index (χ3n) is 3.27. The number of carbonyl (C=O) groups excluding carboxylic acids is 1. The second kappa shape index (κ2) is 4.92. The zero-order valence-electron chi connectivity index (χ0n) is 11.6. The largest absolute Gasteiger partial charge is 0.431 e. The Balaban J connectivity index is 2.06. The summed E-state index contributed by atoms with van der Waals surface area (Å²) >= 11 is 3.38. The van der Waals surface area contributed by atoms with Crippen molar-refractivity contribution in [2.75, 3.05) is 0 Å². The average molecular weight is 352 g/mol. The molecular weight excluding hydrogens is 338 g/mol. The van der Waals surface area contributed by atoms with Gasteiger partial charge in [-0.2, -0.15) is 5.10 Å². The van der Waals surface area contributed by atoms with Crippen LogP contribution in [0.2, 0.25) is 0 Å². The lowest BCUT2D eigenvalue weighted by Crippen LogP contribution is -2.37. The van der Waals surface area contributed by atoms with Crippen molar-refractivity contribution in [1.82, 2.24) is 15.2 Å². The Morgan fingerprint density at radius 3 is 2.52 bits per heavy atom. The summed E-state index contributed by atoms with van der Waals surface area (Å²) in [5.41, 5.74) is -0.516. The first-order chi connectivity index (χ1) is 9.91. The van der Waals surface area contributed by atoms with Gasteiger partial charge in [-0.3, -0.25) is 5.10 Å². The van der Waals surface area contributed by atoms with Gasteiger partial charge in [-0.05, 0) is 17.7 Å². The molecule has 0 bridgehead atoms. The van der Waals surface area contributed by atoms with Crippen LogP contribution in [0.25, 0.3) is 0 Å². The molecule has 0 saturated carbocycles. The first kappa shape index (κ1) is 14.2. The Labute approximate surface area is 130 Å². The van der Waals surface area contributed by atoms with Crippen LogP contribution in [0.1, 0.15) is 25.2 Å². The van der Waals surface area contributed by atoms with E-state index in [2.05, 4.69) is 31.1 Å². The number of carbonyl (C=O) groups is 1. The first-order valence-electron chi connectivity index (χ1n) is 6.46. The van der Waals surface area contributed by atoms with Crippen molar-refractivity contribution in [3.05, 3.63) is 46.5 Å². The van der Waals surface area contributed by atoms with E-state index in [0.717, 1.165) is 4.47 Å². The molecule has 1 aliphatic rings. The Kier molecular flexibility index (Phi) is 3.33. The van der Waals surface area contributed by atoms with E-state index in [1.807, 2.05) is 24.3 Å². The van der Waals surface area contributed by atoms with Gasteiger partial charge < -0.3 is 9.47 Å². The monoisotopic (exact) mass is 351 g/mol.